The van der Waals surface area contributed by atoms with Gasteiger partial charge in [0.25, 0.3) is 0 Å². The Labute approximate surface area is 130 Å². The average Bonchev–Trinajstić information content (AvgIpc) is 2.29. The first-order valence-electron chi connectivity index (χ1n) is 6.17. The number of carboxylic acid groups (broad SMARTS) is 3. The van der Waals surface area contributed by atoms with Gasteiger partial charge in [-0.25, -0.2) is 4.79 Å². The molecular weight excluding hydrogens is 298 g/mol. The first-order chi connectivity index (χ1) is 10.0. The van der Waals surface area contributed by atoms with Gasteiger partial charge in [0.15, 0.2) is 5.60 Å². The summed E-state index contributed by atoms with van der Waals surface area (Å²) < 4.78 is 0. The molecule has 10 heteroatoms. The van der Waals surface area contributed by atoms with Crippen molar-refractivity contribution < 1.29 is 34.8 Å². The average molecular weight is 327 g/mol. The first-order valence-corrected chi connectivity index (χ1v) is 6.17. The summed E-state index contributed by atoms with van der Waals surface area (Å²) in [6.07, 6.45) is -2.29. The van der Waals surface area contributed by atoms with Crippen LogP contribution in [-0.2, 0) is 14.4 Å². The Balaban J connectivity index is -0.000000148. The minimum atomic E-state index is -2.74. The lowest BCUT2D eigenvalue weighted by molar-refractivity contribution is -0.170. The minimum Gasteiger partial charge on any atom is -0.481 e. The summed E-state index contributed by atoms with van der Waals surface area (Å²) in [5.41, 5.74) is -2.74. The van der Waals surface area contributed by atoms with Crippen LogP contribution in [0.2, 0.25) is 0 Å². The molecule has 0 radical (unpaired) electrons. The first kappa shape index (κ1) is 28.4. The minimum absolute atomic E-state index is 1.14. The lowest BCUT2D eigenvalue weighted by Gasteiger charge is -2.18. The van der Waals surface area contributed by atoms with E-state index in [1.165, 1.54) is 0 Å². The van der Waals surface area contributed by atoms with Crippen molar-refractivity contribution >= 4 is 17.9 Å². The van der Waals surface area contributed by atoms with Crippen molar-refractivity contribution in [3.8, 4) is 0 Å². The van der Waals surface area contributed by atoms with Crippen LogP contribution in [0.25, 0.3) is 0 Å². The molecule has 0 aliphatic rings. The maximum Gasteiger partial charge on any atom is 0.336 e. The number of aliphatic hydroxyl groups is 1. The molecule has 7 N–H and O–H groups in total. The smallest absolute Gasteiger partial charge is 0.336 e. The van der Waals surface area contributed by atoms with Crippen LogP contribution < -0.4 is 16.0 Å². The van der Waals surface area contributed by atoms with Gasteiger partial charge < -0.3 is 36.4 Å². The Hall–Kier alpha value is -1.75. The number of carbonyl (C=O) groups is 3. The predicted molar refractivity (Wildman–Crippen MR) is 82.0 cm³/mol. The van der Waals surface area contributed by atoms with E-state index in [4.69, 9.17) is 20.4 Å². The molecule has 0 aromatic heterocycles. The third-order valence-electron chi connectivity index (χ3n) is 1.29. The third-order valence-corrected chi connectivity index (χ3v) is 1.29. The maximum absolute atomic E-state index is 10.3. The molecule has 0 atom stereocenters. The van der Waals surface area contributed by atoms with Gasteiger partial charge in [0.2, 0.25) is 0 Å². The Bertz CT molecular complexity index is 278. The molecule has 0 unspecified atom stereocenters. The molecule has 0 amide bonds. The van der Waals surface area contributed by atoms with Gasteiger partial charge in [-0.2, -0.15) is 0 Å². The highest BCUT2D eigenvalue weighted by atomic mass is 16.4. The number of aliphatic carboxylic acids is 3. The topological polar surface area (TPSA) is 168 Å². The van der Waals surface area contributed by atoms with Crippen LogP contribution >= 0.6 is 0 Å². The molecule has 0 saturated carbocycles. The highest BCUT2D eigenvalue weighted by molar-refractivity contribution is 5.88. The summed E-state index contributed by atoms with van der Waals surface area (Å²) >= 11 is 0. The second kappa shape index (κ2) is 19.2. The monoisotopic (exact) mass is 327 g/mol. The Morgan fingerprint density at radius 2 is 0.909 bits per heavy atom. The molecule has 134 valence electrons. The lowest BCUT2D eigenvalue weighted by Crippen LogP contribution is -2.42. The molecule has 0 aromatic carbocycles. The van der Waals surface area contributed by atoms with Gasteiger partial charge in [-0.15, -0.1) is 0 Å². The molecule has 0 aromatic rings. The van der Waals surface area contributed by atoms with E-state index in [2.05, 4.69) is 16.0 Å². The second-order valence-electron chi connectivity index (χ2n) is 3.98. The molecule has 0 saturated heterocycles. The van der Waals surface area contributed by atoms with Gasteiger partial charge in [0, 0.05) is 0 Å². The Morgan fingerprint density at radius 3 is 1.00 bits per heavy atom. The quantitative estimate of drug-likeness (QED) is 0.308. The normalized spacial score (nSPS) is 8.86. The van der Waals surface area contributed by atoms with Crippen molar-refractivity contribution in [2.75, 3.05) is 42.3 Å². The second-order valence-corrected chi connectivity index (χ2v) is 3.98. The van der Waals surface area contributed by atoms with E-state index in [9.17, 15) is 14.4 Å². The molecule has 0 heterocycles. The van der Waals surface area contributed by atoms with Gasteiger partial charge in [-0.05, 0) is 42.3 Å². The van der Waals surface area contributed by atoms with Crippen LogP contribution in [0.1, 0.15) is 12.8 Å². The van der Waals surface area contributed by atoms with Crippen molar-refractivity contribution in [1.29, 1.82) is 0 Å². The largest absolute Gasteiger partial charge is 0.481 e. The summed E-state index contributed by atoms with van der Waals surface area (Å²) in [5, 5.41) is 42.1. The van der Waals surface area contributed by atoms with Crippen LogP contribution in [0.4, 0.5) is 0 Å². The molecule has 0 aliphatic carbocycles. The van der Waals surface area contributed by atoms with E-state index in [0.29, 0.717) is 0 Å². The highest BCUT2D eigenvalue weighted by Crippen LogP contribution is 2.15. The van der Waals surface area contributed by atoms with Gasteiger partial charge in [-0.3, -0.25) is 9.59 Å². The van der Waals surface area contributed by atoms with Crippen molar-refractivity contribution in [2.24, 2.45) is 0 Å². The van der Waals surface area contributed by atoms with Crippen LogP contribution in [0.15, 0.2) is 0 Å². The fourth-order valence-corrected chi connectivity index (χ4v) is 0.714. The zero-order chi connectivity index (χ0) is 18.8. The van der Waals surface area contributed by atoms with Crippen LogP contribution in [0.3, 0.4) is 0 Å². The van der Waals surface area contributed by atoms with Crippen molar-refractivity contribution in [1.82, 2.24) is 16.0 Å². The SMILES string of the molecule is CNC.CNC.CNC.O=C(O)CC(O)(CC(=O)O)C(=O)O. The van der Waals surface area contributed by atoms with Crippen LogP contribution in [0.5, 0.6) is 0 Å². The van der Waals surface area contributed by atoms with Gasteiger partial charge in [0.05, 0.1) is 12.8 Å². The van der Waals surface area contributed by atoms with E-state index in [0.717, 1.165) is 0 Å². The van der Waals surface area contributed by atoms with E-state index >= 15 is 0 Å². The fraction of sp³-hybridized carbons (Fsp3) is 0.750. The van der Waals surface area contributed by atoms with E-state index in [1.807, 2.05) is 42.3 Å². The van der Waals surface area contributed by atoms with E-state index in [1.54, 1.807) is 0 Å². The molecular formula is C12H29N3O7. The van der Waals surface area contributed by atoms with Crippen molar-refractivity contribution in [2.45, 2.75) is 18.4 Å². The number of hydrogen-bond donors (Lipinski definition) is 7. The number of rotatable bonds is 5. The maximum atomic E-state index is 10.3. The summed E-state index contributed by atoms with van der Waals surface area (Å²) in [4.78, 5) is 30.5. The summed E-state index contributed by atoms with van der Waals surface area (Å²) in [7, 11) is 11.2. The standard InChI is InChI=1S/C6H8O7.3C2H7N/c7-3(8)1-6(13,5(11)12)2-4(9)10;3*1-3-2/h13H,1-2H2,(H,7,8)(H,9,10)(H,11,12);3*3H,1-2H3. The number of carboxylic acids is 3. The molecule has 0 spiro atoms. The Morgan fingerprint density at radius 1 is 0.727 bits per heavy atom. The summed E-state index contributed by atoms with van der Waals surface area (Å²) in [5.74, 6) is -5.02. The van der Waals surface area contributed by atoms with Crippen molar-refractivity contribution in [3.05, 3.63) is 0 Å². The number of hydrogen-bond acceptors (Lipinski definition) is 7. The molecule has 10 nitrogen and oxygen atoms in total. The Kier molecular flexibility index (Phi) is 24.9. The summed E-state index contributed by atoms with van der Waals surface area (Å²) in [6, 6.07) is 0. The zero-order valence-corrected chi connectivity index (χ0v) is 13.9. The van der Waals surface area contributed by atoms with E-state index < -0.39 is 36.4 Å². The third kappa shape index (κ3) is 26.7. The summed E-state index contributed by atoms with van der Waals surface area (Å²) in [6.45, 7) is 0. The zero-order valence-electron chi connectivity index (χ0n) is 13.9. The molecule has 0 fully saturated rings. The van der Waals surface area contributed by atoms with Gasteiger partial charge in [-0.1, -0.05) is 0 Å². The highest BCUT2D eigenvalue weighted by Gasteiger charge is 2.40. The molecule has 0 bridgehead atoms. The van der Waals surface area contributed by atoms with Crippen LogP contribution in [0, 0.1) is 0 Å². The van der Waals surface area contributed by atoms with Gasteiger partial charge >= 0.3 is 17.9 Å². The number of nitrogens with one attached hydrogen (secondary N) is 3. The molecule has 0 rings (SSSR count). The molecule has 0 aliphatic heterocycles. The fourth-order valence-electron chi connectivity index (χ4n) is 0.714. The van der Waals surface area contributed by atoms with Gasteiger partial charge in [0.1, 0.15) is 0 Å². The van der Waals surface area contributed by atoms with Crippen LogP contribution in [-0.4, -0.2) is 86.2 Å². The predicted octanol–water partition coefficient (Wildman–Crippen LogP) is -1.74. The van der Waals surface area contributed by atoms with Crippen molar-refractivity contribution in [3.63, 3.8) is 0 Å². The lowest BCUT2D eigenvalue weighted by atomic mass is 9.96. The molecule has 22 heavy (non-hydrogen) atoms. The van der Waals surface area contributed by atoms with E-state index in [-0.39, 0.29) is 0 Å².